The summed E-state index contributed by atoms with van der Waals surface area (Å²) in [6.45, 7) is 1.94. The third-order valence-electron chi connectivity index (χ3n) is 1.45. The number of alkyl halides is 1. The Morgan fingerprint density at radius 1 is 1.60 bits per heavy atom. The zero-order valence-corrected chi connectivity index (χ0v) is 7.27. The van der Waals surface area contributed by atoms with E-state index in [9.17, 15) is 0 Å². The summed E-state index contributed by atoms with van der Waals surface area (Å²) >= 11 is 3.41. The van der Waals surface area contributed by atoms with Gasteiger partial charge in [0.1, 0.15) is 5.82 Å². The Hall–Kier alpha value is -0.640. The minimum absolute atomic E-state index is 0.289. The van der Waals surface area contributed by atoms with Crippen LogP contribution in [0.15, 0.2) is 23.8 Å². The highest BCUT2D eigenvalue weighted by Gasteiger charge is 2.24. The van der Waals surface area contributed by atoms with Crippen molar-refractivity contribution in [1.82, 2.24) is 5.32 Å². The summed E-state index contributed by atoms with van der Waals surface area (Å²) in [4.78, 5) is 0. The van der Waals surface area contributed by atoms with Gasteiger partial charge in [-0.25, -0.2) is 0 Å². The van der Waals surface area contributed by atoms with E-state index in [1.54, 1.807) is 6.20 Å². The summed E-state index contributed by atoms with van der Waals surface area (Å²) in [5, 5.41) is 2.81. The number of nitrogens with two attached hydrogens (primary N) is 2. The summed E-state index contributed by atoms with van der Waals surface area (Å²) in [5.74, 6) is 0.516. The maximum absolute atomic E-state index is 5.65. The van der Waals surface area contributed by atoms with Crippen LogP contribution in [0, 0.1) is 0 Å². The Morgan fingerprint density at radius 3 is 2.60 bits per heavy atom. The Balaban J connectivity index is 2.97. The highest BCUT2D eigenvalue weighted by atomic mass is 79.9. The van der Waals surface area contributed by atoms with Crippen molar-refractivity contribution in [2.24, 2.45) is 11.5 Å². The molecule has 1 rings (SSSR count). The maximum atomic E-state index is 5.65. The first-order valence-corrected chi connectivity index (χ1v) is 3.72. The van der Waals surface area contributed by atoms with Gasteiger partial charge in [-0.05, 0) is 13.0 Å². The standard InChI is InChI=1S/C6H10BrN3/c1-6(7)2-3-10-5(9)4(6)8/h2-3,10H,8-9H2,1H3. The first-order chi connectivity index (χ1) is 4.54. The summed E-state index contributed by atoms with van der Waals surface area (Å²) in [6.07, 6.45) is 3.67. The van der Waals surface area contributed by atoms with Crippen molar-refractivity contribution in [3.8, 4) is 0 Å². The highest BCUT2D eigenvalue weighted by Crippen LogP contribution is 2.27. The van der Waals surface area contributed by atoms with E-state index in [-0.39, 0.29) is 4.32 Å². The van der Waals surface area contributed by atoms with E-state index in [4.69, 9.17) is 11.5 Å². The molecule has 0 fully saturated rings. The third-order valence-corrected chi connectivity index (χ3v) is 2.14. The van der Waals surface area contributed by atoms with Crippen LogP contribution in [0.3, 0.4) is 0 Å². The van der Waals surface area contributed by atoms with Crippen LogP contribution in [0.1, 0.15) is 6.92 Å². The molecule has 5 N–H and O–H groups in total. The Morgan fingerprint density at radius 2 is 2.20 bits per heavy atom. The molecule has 1 aliphatic rings. The molecule has 1 unspecified atom stereocenters. The van der Waals surface area contributed by atoms with Crippen molar-refractivity contribution < 1.29 is 0 Å². The lowest BCUT2D eigenvalue weighted by Crippen LogP contribution is -2.35. The van der Waals surface area contributed by atoms with Crippen molar-refractivity contribution in [3.63, 3.8) is 0 Å². The van der Waals surface area contributed by atoms with Crippen molar-refractivity contribution in [2.45, 2.75) is 11.2 Å². The van der Waals surface area contributed by atoms with Crippen molar-refractivity contribution in [3.05, 3.63) is 23.8 Å². The van der Waals surface area contributed by atoms with Gasteiger partial charge in [0, 0.05) is 6.20 Å². The van der Waals surface area contributed by atoms with Gasteiger partial charge in [0.2, 0.25) is 0 Å². The number of allylic oxidation sites excluding steroid dienone is 1. The van der Waals surface area contributed by atoms with E-state index in [0.29, 0.717) is 11.5 Å². The van der Waals surface area contributed by atoms with Gasteiger partial charge in [0.25, 0.3) is 0 Å². The van der Waals surface area contributed by atoms with Crippen molar-refractivity contribution in [2.75, 3.05) is 0 Å². The topological polar surface area (TPSA) is 64.1 Å². The first-order valence-electron chi connectivity index (χ1n) is 2.93. The molecule has 56 valence electrons. The number of hydrogen-bond donors (Lipinski definition) is 3. The van der Waals surface area contributed by atoms with E-state index < -0.39 is 0 Å². The number of halogens is 1. The Bertz CT molecular complexity index is 205. The molecule has 0 bridgehead atoms. The fourth-order valence-electron chi connectivity index (χ4n) is 0.719. The second kappa shape index (κ2) is 2.20. The fourth-order valence-corrected chi connectivity index (χ4v) is 1.06. The van der Waals surface area contributed by atoms with E-state index in [2.05, 4.69) is 21.2 Å². The number of dihydropyridines is 1. The SMILES string of the molecule is CC1(Br)C=CNC(N)=C1N. The molecule has 0 amide bonds. The zero-order chi connectivity index (χ0) is 7.78. The fraction of sp³-hybridized carbons (Fsp3) is 0.333. The van der Waals surface area contributed by atoms with Crippen LogP contribution in [-0.4, -0.2) is 4.32 Å². The van der Waals surface area contributed by atoms with Crippen LogP contribution in [0.5, 0.6) is 0 Å². The molecule has 0 aliphatic carbocycles. The molecule has 1 atom stereocenters. The van der Waals surface area contributed by atoms with Crippen molar-refractivity contribution >= 4 is 15.9 Å². The van der Waals surface area contributed by atoms with Crippen LogP contribution < -0.4 is 16.8 Å². The normalized spacial score (nSPS) is 32.2. The van der Waals surface area contributed by atoms with Gasteiger partial charge in [-0.15, -0.1) is 0 Å². The lowest BCUT2D eigenvalue weighted by Gasteiger charge is -2.24. The molecule has 1 aliphatic heterocycles. The summed E-state index contributed by atoms with van der Waals surface area (Å²) in [6, 6.07) is 0. The molecule has 1 heterocycles. The van der Waals surface area contributed by atoms with Crippen LogP contribution in [0.25, 0.3) is 0 Å². The van der Waals surface area contributed by atoms with Gasteiger partial charge in [-0.1, -0.05) is 15.9 Å². The molecule has 3 nitrogen and oxygen atoms in total. The van der Waals surface area contributed by atoms with Gasteiger partial charge in [-0.3, -0.25) is 0 Å². The van der Waals surface area contributed by atoms with Crippen LogP contribution in [0.2, 0.25) is 0 Å². The molecule has 0 radical (unpaired) electrons. The van der Waals surface area contributed by atoms with Gasteiger partial charge < -0.3 is 16.8 Å². The molecule has 0 saturated heterocycles. The summed E-state index contributed by atoms with van der Waals surface area (Å²) < 4.78 is -0.289. The second-order valence-corrected chi connectivity index (χ2v) is 4.03. The van der Waals surface area contributed by atoms with Crippen LogP contribution in [-0.2, 0) is 0 Å². The molecule has 0 aromatic carbocycles. The van der Waals surface area contributed by atoms with E-state index in [0.717, 1.165) is 0 Å². The minimum Gasteiger partial charge on any atom is -0.398 e. The van der Waals surface area contributed by atoms with Crippen LogP contribution in [0.4, 0.5) is 0 Å². The zero-order valence-electron chi connectivity index (χ0n) is 5.69. The molecule has 0 aromatic rings. The Kier molecular flexibility index (Phi) is 1.64. The van der Waals surface area contributed by atoms with Gasteiger partial charge in [0.15, 0.2) is 0 Å². The minimum atomic E-state index is -0.289. The lowest BCUT2D eigenvalue weighted by molar-refractivity contribution is 0.815. The van der Waals surface area contributed by atoms with Crippen molar-refractivity contribution in [1.29, 1.82) is 0 Å². The molecular weight excluding hydrogens is 194 g/mol. The molecule has 0 saturated carbocycles. The van der Waals surface area contributed by atoms with Gasteiger partial charge >= 0.3 is 0 Å². The number of hydrogen-bond acceptors (Lipinski definition) is 3. The molecule has 0 aromatic heterocycles. The Labute approximate surface area is 68.3 Å². The largest absolute Gasteiger partial charge is 0.398 e. The van der Waals surface area contributed by atoms with E-state index >= 15 is 0 Å². The molecule has 4 heteroatoms. The maximum Gasteiger partial charge on any atom is 0.121 e. The predicted octanol–water partition coefficient (Wildman–Crippen LogP) is 0.343. The summed E-state index contributed by atoms with van der Waals surface area (Å²) in [7, 11) is 0. The monoisotopic (exact) mass is 203 g/mol. The summed E-state index contributed by atoms with van der Waals surface area (Å²) in [5.41, 5.74) is 11.8. The van der Waals surface area contributed by atoms with Gasteiger partial charge in [0.05, 0.1) is 10.0 Å². The first kappa shape index (κ1) is 7.47. The average molecular weight is 204 g/mol. The number of nitrogens with one attached hydrogen (secondary N) is 1. The molecule has 0 spiro atoms. The molecular formula is C6H10BrN3. The van der Waals surface area contributed by atoms with Gasteiger partial charge in [-0.2, -0.15) is 0 Å². The lowest BCUT2D eigenvalue weighted by atomic mass is 10.1. The second-order valence-electron chi connectivity index (χ2n) is 2.38. The number of rotatable bonds is 0. The predicted molar refractivity (Wildman–Crippen MR) is 45.0 cm³/mol. The smallest absolute Gasteiger partial charge is 0.121 e. The molecule has 10 heavy (non-hydrogen) atoms. The quantitative estimate of drug-likeness (QED) is 0.498. The average Bonchev–Trinajstić information content (AvgIpc) is 1.83. The van der Waals surface area contributed by atoms with E-state index in [1.165, 1.54) is 0 Å². The van der Waals surface area contributed by atoms with Crippen LogP contribution >= 0.6 is 15.9 Å². The highest BCUT2D eigenvalue weighted by molar-refractivity contribution is 9.10. The van der Waals surface area contributed by atoms with E-state index in [1.807, 2.05) is 13.0 Å². The third kappa shape index (κ3) is 1.11.